The molecule has 0 heterocycles. The van der Waals surface area contributed by atoms with Crippen LogP contribution in [-0.4, -0.2) is 36.7 Å². The third kappa shape index (κ3) is 4.21. The summed E-state index contributed by atoms with van der Waals surface area (Å²) in [6, 6.07) is 15.8. The summed E-state index contributed by atoms with van der Waals surface area (Å²) >= 11 is 0. The van der Waals surface area contributed by atoms with Crippen molar-refractivity contribution in [3.63, 3.8) is 0 Å². The smallest absolute Gasteiger partial charge is 0.348 e. The van der Waals surface area contributed by atoms with Gasteiger partial charge in [0.2, 0.25) is 5.60 Å². The number of amides is 3. The van der Waals surface area contributed by atoms with Gasteiger partial charge in [-0.25, -0.2) is 9.59 Å². The fourth-order valence-corrected chi connectivity index (χ4v) is 2.22. The van der Waals surface area contributed by atoms with Crippen LogP contribution in [0.1, 0.15) is 11.1 Å². The van der Waals surface area contributed by atoms with Crippen LogP contribution in [0, 0.1) is 0 Å². The number of urea groups is 1. The first-order valence-electron chi connectivity index (χ1n) is 7.50. The lowest BCUT2D eigenvalue weighted by atomic mass is 9.86. The summed E-state index contributed by atoms with van der Waals surface area (Å²) in [5.41, 5.74) is -1.47. The van der Waals surface area contributed by atoms with E-state index in [-0.39, 0.29) is 0 Å². The standard InChI is InChI=1S/C18H18N2O5/c1-19-17(23)20-15(21)12-25-16(22)18(24,13-8-4-2-5-9-13)14-10-6-3-7-11-14/h2-11,24H,12H2,1H3,(H2,19,20,21,23). The van der Waals surface area contributed by atoms with Crippen LogP contribution in [0.2, 0.25) is 0 Å². The summed E-state index contributed by atoms with van der Waals surface area (Å²) in [4.78, 5) is 35.2. The molecule has 0 fully saturated rings. The van der Waals surface area contributed by atoms with Crippen LogP contribution >= 0.6 is 0 Å². The minimum absolute atomic E-state index is 0.304. The number of carbonyl (C=O) groups is 3. The van der Waals surface area contributed by atoms with E-state index >= 15 is 0 Å². The van der Waals surface area contributed by atoms with Crippen LogP contribution in [0.5, 0.6) is 0 Å². The van der Waals surface area contributed by atoms with Crippen molar-refractivity contribution in [2.75, 3.05) is 13.7 Å². The van der Waals surface area contributed by atoms with Crippen molar-refractivity contribution in [1.82, 2.24) is 10.6 Å². The molecule has 3 amide bonds. The molecule has 3 N–H and O–H groups in total. The summed E-state index contributed by atoms with van der Waals surface area (Å²) in [6.45, 7) is -0.700. The molecule has 0 radical (unpaired) electrons. The molecule has 0 saturated heterocycles. The van der Waals surface area contributed by atoms with E-state index in [2.05, 4.69) is 5.32 Å². The van der Waals surface area contributed by atoms with E-state index in [0.717, 1.165) is 0 Å². The normalized spacial score (nSPS) is 10.6. The van der Waals surface area contributed by atoms with Gasteiger partial charge in [-0.1, -0.05) is 60.7 Å². The topological polar surface area (TPSA) is 105 Å². The molecule has 2 aromatic carbocycles. The Kier molecular flexibility index (Phi) is 5.86. The summed E-state index contributed by atoms with van der Waals surface area (Å²) in [5, 5.41) is 15.3. The zero-order valence-corrected chi connectivity index (χ0v) is 13.6. The highest BCUT2D eigenvalue weighted by Gasteiger charge is 2.41. The zero-order valence-electron chi connectivity index (χ0n) is 13.6. The average Bonchev–Trinajstić information content (AvgIpc) is 2.66. The molecule has 130 valence electrons. The molecule has 0 aliphatic heterocycles. The van der Waals surface area contributed by atoms with E-state index in [9.17, 15) is 19.5 Å². The number of esters is 1. The van der Waals surface area contributed by atoms with Crippen LogP contribution in [-0.2, 0) is 19.9 Å². The number of nitrogens with one attached hydrogen (secondary N) is 2. The van der Waals surface area contributed by atoms with Gasteiger partial charge in [-0.05, 0) is 11.1 Å². The number of carbonyl (C=O) groups excluding carboxylic acids is 3. The second-order valence-electron chi connectivity index (χ2n) is 5.15. The molecule has 0 aliphatic rings. The van der Waals surface area contributed by atoms with Gasteiger partial charge in [0.25, 0.3) is 5.91 Å². The van der Waals surface area contributed by atoms with E-state index in [0.29, 0.717) is 11.1 Å². The average molecular weight is 342 g/mol. The third-order valence-electron chi connectivity index (χ3n) is 3.49. The van der Waals surface area contributed by atoms with Crippen molar-refractivity contribution < 1.29 is 24.2 Å². The van der Waals surface area contributed by atoms with Crippen LogP contribution in [0.3, 0.4) is 0 Å². The minimum atomic E-state index is -2.07. The Balaban J connectivity index is 2.23. The predicted octanol–water partition coefficient (Wildman–Crippen LogP) is 0.921. The minimum Gasteiger partial charge on any atom is -0.453 e. The SMILES string of the molecule is CNC(=O)NC(=O)COC(=O)C(O)(c1ccccc1)c1ccccc1. The van der Waals surface area contributed by atoms with Gasteiger partial charge in [-0.2, -0.15) is 0 Å². The monoisotopic (exact) mass is 342 g/mol. The Morgan fingerprint density at radius 2 is 1.44 bits per heavy atom. The quantitative estimate of drug-likeness (QED) is 0.701. The summed E-state index contributed by atoms with van der Waals surface area (Å²) in [6.07, 6.45) is 0. The van der Waals surface area contributed by atoms with Gasteiger partial charge in [0.1, 0.15) is 0 Å². The maximum absolute atomic E-state index is 12.6. The molecule has 2 aromatic rings. The third-order valence-corrected chi connectivity index (χ3v) is 3.49. The molecule has 7 heteroatoms. The van der Waals surface area contributed by atoms with Gasteiger partial charge in [0.05, 0.1) is 0 Å². The van der Waals surface area contributed by atoms with Crippen LogP contribution in [0.4, 0.5) is 4.79 Å². The number of ether oxygens (including phenoxy) is 1. The van der Waals surface area contributed by atoms with Crippen molar-refractivity contribution >= 4 is 17.9 Å². The highest BCUT2D eigenvalue weighted by molar-refractivity contribution is 5.96. The Morgan fingerprint density at radius 1 is 0.960 bits per heavy atom. The van der Waals surface area contributed by atoms with E-state index in [1.165, 1.54) is 7.05 Å². The van der Waals surface area contributed by atoms with E-state index in [1.54, 1.807) is 60.7 Å². The first kappa shape index (κ1) is 18.2. The van der Waals surface area contributed by atoms with Gasteiger partial charge < -0.3 is 15.2 Å². The Hall–Kier alpha value is -3.19. The van der Waals surface area contributed by atoms with Crippen LogP contribution in [0.25, 0.3) is 0 Å². The molecule has 0 aromatic heterocycles. The molecule has 25 heavy (non-hydrogen) atoms. The second kappa shape index (κ2) is 8.07. The summed E-state index contributed by atoms with van der Waals surface area (Å²) in [5.74, 6) is -1.83. The van der Waals surface area contributed by atoms with Crippen molar-refractivity contribution in [3.8, 4) is 0 Å². The highest BCUT2D eigenvalue weighted by Crippen LogP contribution is 2.30. The van der Waals surface area contributed by atoms with Crippen molar-refractivity contribution in [3.05, 3.63) is 71.8 Å². The molecule has 0 atom stereocenters. The molecule has 0 bridgehead atoms. The predicted molar refractivity (Wildman–Crippen MR) is 89.4 cm³/mol. The van der Waals surface area contributed by atoms with E-state index < -0.39 is 30.1 Å². The molecular formula is C18H18N2O5. The van der Waals surface area contributed by atoms with Crippen molar-refractivity contribution in [2.45, 2.75) is 5.60 Å². The summed E-state index contributed by atoms with van der Waals surface area (Å²) in [7, 11) is 1.35. The molecule has 2 rings (SSSR count). The fraction of sp³-hybridized carbons (Fsp3) is 0.167. The number of aliphatic hydroxyl groups is 1. The van der Waals surface area contributed by atoms with E-state index in [4.69, 9.17) is 4.74 Å². The van der Waals surface area contributed by atoms with Gasteiger partial charge in [0.15, 0.2) is 6.61 Å². The van der Waals surface area contributed by atoms with Gasteiger partial charge >= 0.3 is 12.0 Å². The fourth-order valence-electron chi connectivity index (χ4n) is 2.22. The van der Waals surface area contributed by atoms with Crippen molar-refractivity contribution in [2.24, 2.45) is 0 Å². The molecule has 0 unspecified atom stereocenters. The number of rotatable bonds is 5. The first-order valence-corrected chi connectivity index (χ1v) is 7.50. The van der Waals surface area contributed by atoms with Gasteiger partial charge in [-0.3, -0.25) is 10.1 Å². The maximum Gasteiger partial charge on any atom is 0.348 e. The number of imide groups is 1. The van der Waals surface area contributed by atoms with E-state index in [1.807, 2.05) is 5.32 Å². The van der Waals surface area contributed by atoms with Gasteiger partial charge in [-0.15, -0.1) is 0 Å². The number of benzene rings is 2. The molecular weight excluding hydrogens is 324 g/mol. The Bertz CT molecular complexity index is 707. The molecule has 7 nitrogen and oxygen atoms in total. The first-order chi connectivity index (χ1) is 12.0. The molecule has 0 saturated carbocycles. The maximum atomic E-state index is 12.6. The zero-order chi connectivity index (χ0) is 18.3. The van der Waals surface area contributed by atoms with Crippen LogP contribution in [0.15, 0.2) is 60.7 Å². The van der Waals surface area contributed by atoms with Crippen molar-refractivity contribution in [1.29, 1.82) is 0 Å². The van der Waals surface area contributed by atoms with Gasteiger partial charge in [0, 0.05) is 7.05 Å². The lowest BCUT2D eigenvalue weighted by molar-refractivity contribution is -0.164. The number of hydrogen-bond donors (Lipinski definition) is 3. The lowest BCUT2D eigenvalue weighted by Crippen LogP contribution is -2.43. The summed E-state index contributed by atoms with van der Waals surface area (Å²) < 4.78 is 4.94. The number of hydrogen-bond acceptors (Lipinski definition) is 5. The Morgan fingerprint density at radius 3 is 1.88 bits per heavy atom. The molecule has 0 aliphatic carbocycles. The lowest BCUT2D eigenvalue weighted by Gasteiger charge is -2.26. The largest absolute Gasteiger partial charge is 0.453 e. The van der Waals surface area contributed by atoms with Crippen LogP contribution < -0.4 is 10.6 Å². The molecule has 0 spiro atoms. The second-order valence-corrected chi connectivity index (χ2v) is 5.15. The Labute approximate surface area is 144 Å². The highest BCUT2D eigenvalue weighted by atomic mass is 16.6.